The molecular weight excluding hydrogens is 378 g/mol. The molecule has 0 spiro atoms. The smallest absolute Gasteiger partial charge is 0.241 e. The Kier molecular flexibility index (Phi) is 4.49. The van der Waals surface area contributed by atoms with Gasteiger partial charge in [0.15, 0.2) is 0 Å². The second-order valence-corrected chi connectivity index (χ2v) is 8.45. The number of fused-ring (bicyclic) bond motifs is 1. The molecule has 4 nitrogen and oxygen atoms in total. The van der Waals surface area contributed by atoms with Gasteiger partial charge in [-0.05, 0) is 61.2 Å². The number of aryl methyl sites for hydroxylation is 2. The third-order valence-electron chi connectivity index (χ3n) is 3.88. The zero-order valence-electron chi connectivity index (χ0n) is 13.0. The fourth-order valence-electron chi connectivity index (χ4n) is 2.72. The normalized spacial score (nSPS) is 17.4. The third kappa shape index (κ3) is 3.59. The molecule has 2 aromatic carbocycles. The van der Waals surface area contributed by atoms with Crippen LogP contribution >= 0.6 is 15.9 Å². The number of sulfonamides is 1. The Morgan fingerprint density at radius 3 is 2.74 bits per heavy atom. The second kappa shape index (κ2) is 6.26. The molecule has 6 heteroatoms. The molecule has 0 amide bonds. The molecule has 1 unspecified atom stereocenters. The monoisotopic (exact) mass is 395 g/mol. The van der Waals surface area contributed by atoms with Gasteiger partial charge in [-0.2, -0.15) is 0 Å². The molecule has 1 N–H and O–H groups in total. The first-order valence-electron chi connectivity index (χ1n) is 7.36. The maximum atomic E-state index is 12.7. The molecule has 0 radical (unpaired) electrons. The van der Waals surface area contributed by atoms with Crippen LogP contribution in [-0.2, 0) is 16.4 Å². The highest BCUT2D eigenvalue weighted by Gasteiger charge is 2.26. The van der Waals surface area contributed by atoms with Crippen LogP contribution in [0.4, 0.5) is 0 Å². The van der Waals surface area contributed by atoms with Crippen LogP contribution in [0, 0.1) is 13.8 Å². The number of rotatable bonds is 3. The average molecular weight is 396 g/mol. The summed E-state index contributed by atoms with van der Waals surface area (Å²) in [5, 5.41) is 0. The number of nitrogens with one attached hydrogen (secondary N) is 1. The van der Waals surface area contributed by atoms with Gasteiger partial charge in [0.05, 0.1) is 10.9 Å². The van der Waals surface area contributed by atoms with E-state index in [1.807, 2.05) is 37.3 Å². The summed E-state index contributed by atoms with van der Waals surface area (Å²) in [4.78, 5) is 0.331. The molecule has 2 aromatic rings. The number of hydrogen-bond donors (Lipinski definition) is 1. The highest BCUT2D eigenvalue weighted by Crippen LogP contribution is 2.28. The van der Waals surface area contributed by atoms with Crippen molar-refractivity contribution in [3.05, 3.63) is 57.6 Å². The molecule has 1 aliphatic heterocycles. The van der Waals surface area contributed by atoms with Crippen molar-refractivity contribution in [2.45, 2.75) is 31.2 Å². The van der Waals surface area contributed by atoms with Gasteiger partial charge in [0.25, 0.3) is 0 Å². The van der Waals surface area contributed by atoms with E-state index in [1.54, 1.807) is 13.0 Å². The molecule has 23 heavy (non-hydrogen) atoms. The van der Waals surface area contributed by atoms with Gasteiger partial charge >= 0.3 is 0 Å². The maximum absolute atomic E-state index is 12.7. The Balaban J connectivity index is 1.83. The molecule has 0 fully saturated rings. The van der Waals surface area contributed by atoms with Crippen LogP contribution in [0.25, 0.3) is 0 Å². The lowest BCUT2D eigenvalue weighted by Crippen LogP contribution is -2.42. The van der Waals surface area contributed by atoms with Crippen LogP contribution in [0.15, 0.2) is 45.8 Å². The van der Waals surface area contributed by atoms with Crippen LogP contribution in [-0.4, -0.2) is 21.1 Å². The minimum Gasteiger partial charge on any atom is -0.492 e. The van der Waals surface area contributed by atoms with Crippen LogP contribution in [0.5, 0.6) is 5.75 Å². The van der Waals surface area contributed by atoms with E-state index in [9.17, 15) is 8.42 Å². The summed E-state index contributed by atoms with van der Waals surface area (Å²) in [6, 6.07) is 10.9. The van der Waals surface area contributed by atoms with Crippen LogP contribution in [0.1, 0.15) is 16.7 Å². The van der Waals surface area contributed by atoms with E-state index in [4.69, 9.17) is 4.74 Å². The van der Waals surface area contributed by atoms with Crippen LogP contribution < -0.4 is 9.46 Å². The Morgan fingerprint density at radius 1 is 1.17 bits per heavy atom. The van der Waals surface area contributed by atoms with Crippen molar-refractivity contribution in [3.63, 3.8) is 0 Å². The molecule has 3 rings (SSSR count). The Bertz CT molecular complexity index is 849. The quantitative estimate of drug-likeness (QED) is 0.866. The Morgan fingerprint density at radius 2 is 1.96 bits per heavy atom. The van der Waals surface area contributed by atoms with Crippen LogP contribution in [0.3, 0.4) is 0 Å². The first kappa shape index (κ1) is 16.5. The lowest BCUT2D eigenvalue weighted by atomic mass is 10.0. The van der Waals surface area contributed by atoms with E-state index >= 15 is 0 Å². The van der Waals surface area contributed by atoms with E-state index in [0.717, 1.165) is 26.9 Å². The van der Waals surface area contributed by atoms with Gasteiger partial charge in [-0.1, -0.05) is 28.1 Å². The topological polar surface area (TPSA) is 55.4 Å². The number of ether oxygens (including phenoxy) is 1. The first-order valence-corrected chi connectivity index (χ1v) is 9.63. The van der Waals surface area contributed by atoms with E-state index in [-0.39, 0.29) is 6.04 Å². The molecule has 1 heterocycles. The van der Waals surface area contributed by atoms with Crippen molar-refractivity contribution < 1.29 is 13.2 Å². The molecule has 0 saturated carbocycles. The van der Waals surface area contributed by atoms with Crippen molar-refractivity contribution in [1.82, 2.24) is 4.72 Å². The van der Waals surface area contributed by atoms with Crippen molar-refractivity contribution >= 4 is 26.0 Å². The van der Waals surface area contributed by atoms with Gasteiger partial charge in [-0.15, -0.1) is 0 Å². The predicted octanol–water partition coefficient (Wildman–Crippen LogP) is 3.35. The summed E-state index contributed by atoms with van der Waals surface area (Å²) in [5.74, 6) is 0.815. The van der Waals surface area contributed by atoms with Gasteiger partial charge in [0.2, 0.25) is 10.0 Å². The number of halogens is 1. The van der Waals surface area contributed by atoms with Gasteiger partial charge in [0.1, 0.15) is 12.4 Å². The fraction of sp³-hybridized carbons (Fsp3) is 0.294. The van der Waals surface area contributed by atoms with Crippen molar-refractivity contribution in [1.29, 1.82) is 0 Å². The van der Waals surface area contributed by atoms with Crippen molar-refractivity contribution in [3.8, 4) is 5.75 Å². The molecule has 0 aromatic heterocycles. The minimum atomic E-state index is -3.57. The molecule has 0 bridgehead atoms. The second-order valence-electron chi connectivity index (χ2n) is 5.85. The van der Waals surface area contributed by atoms with E-state index in [1.165, 1.54) is 0 Å². The van der Waals surface area contributed by atoms with Gasteiger partial charge in [-0.25, -0.2) is 13.1 Å². The van der Waals surface area contributed by atoms with Crippen LogP contribution in [0.2, 0.25) is 0 Å². The zero-order chi connectivity index (χ0) is 16.6. The molecule has 1 aliphatic rings. The summed E-state index contributed by atoms with van der Waals surface area (Å²) in [7, 11) is -3.57. The zero-order valence-corrected chi connectivity index (χ0v) is 15.4. The largest absolute Gasteiger partial charge is 0.492 e. The SMILES string of the molecule is Cc1ccc(C)c(S(=O)(=O)NC2COc3ccc(Br)cc3C2)c1. The lowest BCUT2D eigenvalue weighted by molar-refractivity contribution is 0.254. The predicted molar refractivity (Wildman–Crippen MR) is 93.4 cm³/mol. The average Bonchev–Trinajstić information content (AvgIpc) is 2.48. The maximum Gasteiger partial charge on any atom is 0.241 e. The molecule has 122 valence electrons. The third-order valence-corrected chi connectivity index (χ3v) is 6.04. The Hall–Kier alpha value is -1.37. The summed E-state index contributed by atoms with van der Waals surface area (Å²) < 4.78 is 34.8. The summed E-state index contributed by atoms with van der Waals surface area (Å²) in [6.07, 6.45) is 0.610. The molecule has 1 atom stereocenters. The lowest BCUT2D eigenvalue weighted by Gasteiger charge is -2.26. The number of hydrogen-bond acceptors (Lipinski definition) is 3. The summed E-state index contributed by atoms with van der Waals surface area (Å²) >= 11 is 3.43. The minimum absolute atomic E-state index is 0.276. The standard InChI is InChI=1S/C17H18BrNO3S/c1-11-3-4-12(2)17(7-11)23(20,21)19-15-9-13-8-14(18)5-6-16(13)22-10-15/h3-8,15,19H,9-10H2,1-2H3. The summed E-state index contributed by atoms with van der Waals surface area (Å²) in [6.45, 7) is 4.02. The first-order chi connectivity index (χ1) is 10.8. The molecular formula is C17H18BrNO3S. The van der Waals surface area contributed by atoms with Gasteiger partial charge in [0, 0.05) is 4.47 Å². The van der Waals surface area contributed by atoms with E-state index < -0.39 is 10.0 Å². The van der Waals surface area contributed by atoms with Crippen molar-refractivity contribution in [2.75, 3.05) is 6.61 Å². The Labute approximate surface area is 145 Å². The molecule has 0 saturated heterocycles. The molecule has 0 aliphatic carbocycles. The van der Waals surface area contributed by atoms with Gasteiger partial charge < -0.3 is 4.74 Å². The van der Waals surface area contributed by atoms with E-state index in [2.05, 4.69) is 20.7 Å². The fourth-order valence-corrected chi connectivity index (χ4v) is 4.68. The number of benzene rings is 2. The van der Waals surface area contributed by atoms with Gasteiger partial charge in [-0.3, -0.25) is 0 Å². The van der Waals surface area contributed by atoms with E-state index in [0.29, 0.717) is 17.9 Å². The highest BCUT2D eigenvalue weighted by atomic mass is 79.9. The summed E-state index contributed by atoms with van der Waals surface area (Å²) in [5.41, 5.74) is 2.66. The highest BCUT2D eigenvalue weighted by molar-refractivity contribution is 9.10. The van der Waals surface area contributed by atoms with Crippen molar-refractivity contribution in [2.24, 2.45) is 0 Å².